The molecule has 0 fully saturated rings. The molecule has 0 amide bonds. The van der Waals surface area contributed by atoms with Crippen LogP contribution in [-0.2, 0) is 6.54 Å². The lowest BCUT2D eigenvalue weighted by Crippen LogP contribution is -2.31. The van der Waals surface area contributed by atoms with Gasteiger partial charge in [0.1, 0.15) is 5.75 Å². The predicted octanol–water partition coefficient (Wildman–Crippen LogP) is 2.02. The van der Waals surface area contributed by atoms with Crippen LogP contribution < -0.4 is 9.30 Å². The number of benzene rings is 1. The van der Waals surface area contributed by atoms with Crippen molar-refractivity contribution in [1.29, 1.82) is 0 Å². The van der Waals surface area contributed by atoms with Gasteiger partial charge in [-0.25, -0.2) is 0 Å². The number of rotatable bonds is 2. The number of aromatic nitrogens is 1. The van der Waals surface area contributed by atoms with Crippen LogP contribution in [0.5, 0.6) is 5.75 Å². The minimum atomic E-state index is 0.614. The smallest absolute Gasteiger partial charge is 0.209 e. The minimum Gasteiger partial charge on any atom is -0.496 e. The van der Waals surface area contributed by atoms with Gasteiger partial charge in [0.05, 0.1) is 7.11 Å². The molecule has 0 aliphatic carbocycles. The summed E-state index contributed by atoms with van der Waals surface area (Å²) in [4.78, 5) is 0. The molecule has 2 heteroatoms. The van der Waals surface area contributed by atoms with Crippen molar-refractivity contribution in [2.24, 2.45) is 0 Å². The largest absolute Gasteiger partial charge is 0.496 e. The molecule has 2 rings (SSSR count). The molecular formula is C17H14NO+. The topological polar surface area (TPSA) is 13.1 Å². The van der Waals surface area contributed by atoms with Gasteiger partial charge >= 0.3 is 0 Å². The van der Waals surface area contributed by atoms with Crippen LogP contribution >= 0.6 is 0 Å². The quantitative estimate of drug-likeness (QED) is 0.585. The molecule has 0 atom stereocenters. The molecule has 0 saturated heterocycles. The molecular weight excluding hydrogens is 234 g/mol. The molecule has 92 valence electrons. The molecule has 0 spiro atoms. The molecule has 0 aliphatic heterocycles. The minimum absolute atomic E-state index is 0.614. The summed E-state index contributed by atoms with van der Waals surface area (Å²) in [7, 11) is 1.65. The first-order chi connectivity index (χ1) is 9.33. The summed E-state index contributed by atoms with van der Waals surface area (Å²) in [6.07, 6.45) is 9.29. The second-order valence-corrected chi connectivity index (χ2v) is 3.90. The maximum Gasteiger partial charge on any atom is 0.209 e. The Kier molecular flexibility index (Phi) is 4.21. The number of nitrogens with zero attached hydrogens (tertiary/aromatic N) is 1. The lowest BCUT2D eigenvalue weighted by molar-refractivity contribution is -0.684. The maximum absolute atomic E-state index is 5.43. The third-order valence-corrected chi connectivity index (χ3v) is 2.66. The van der Waals surface area contributed by atoms with E-state index in [2.05, 4.69) is 17.8 Å². The Morgan fingerprint density at radius 1 is 1.11 bits per heavy atom. The van der Waals surface area contributed by atoms with Gasteiger partial charge < -0.3 is 4.74 Å². The maximum atomic E-state index is 5.43. The Morgan fingerprint density at radius 2 is 1.79 bits per heavy atom. The zero-order valence-corrected chi connectivity index (χ0v) is 10.8. The van der Waals surface area contributed by atoms with Gasteiger partial charge in [-0.1, -0.05) is 24.0 Å². The first-order valence-corrected chi connectivity index (χ1v) is 5.91. The van der Waals surface area contributed by atoms with E-state index >= 15 is 0 Å². The van der Waals surface area contributed by atoms with E-state index in [0.29, 0.717) is 6.54 Å². The monoisotopic (exact) mass is 248 g/mol. The van der Waals surface area contributed by atoms with Crippen LogP contribution in [0.25, 0.3) is 0 Å². The fraction of sp³-hybridized carbons (Fsp3) is 0.118. The first-order valence-electron chi connectivity index (χ1n) is 5.91. The van der Waals surface area contributed by atoms with Gasteiger partial charge in [0.25, 0.3) is 0 Å². The average molecular weight is 248 g/mol. The molecule has 0 bridgehead atoms. The van der Waals surface area contributed by atoms with E-state index in [4.69, 9.17) is 11.2 Å². The van der Waals surface area contributed by atoms with Crippen LogP contribution in [0.15, 0.2) is 48.8 Å². The Hall–Kier alpha value is -2.71. The van der Waals surface area contributed by atoms with Gasteiger partial charge in [0.15, 0.2) is 12.4 Å². The fourth-order valence-corrected chi connectivity index (χ4v) is 1.63. The number of pyridine rings is 1. The Morgan fingerprint density at radius 3 is 2.42 bits per heavy atom. The van der Waals surface area contributed by atoms with Gasteiger partial charge in [-0.15, -0.1) is 6.42 Å². The summed E-state index contributed by atoms with van der Waals surface area (Å²) in [5.41, 5.74) is 1.72. The van der Waals surface area contributed by atoms with Crippen LogP contribution in [-0.4, -0.2) is 7.11 Å². The van der Waals surface area contributed by atoms with Crippen LogP contribution in [0.3, 0.4) is 0 Å². The number of methoxy groups -OCH3 is 1. The van der Waals surface area contributed by atoms with Gasteiger partial charge in [-0.05, 0) is 18.1 Å². The van der Waals surface area contributed by atoms with E-state index in [1.807, 2.05) is 53.4 Å². The van der Waals surface area contributed by atoms with Crippen molar-refractivity contribution < 1.29 is 9.30 Å². The molecule has 1 aromatic carbocycles. The standard InChI is InChI=1S/C17H14NO/c1-3-15-7-4-5-8-16(15)9-6-12-18-13-10-17(19-2)11-14-18/h1,4-5,7-8,10-11,13-14H,12H2,2H3/q+1. The molecule has 0 unspecified atom stereocenters. The highest BCUT2D eigenvalue weighted by Crippen LogP contribution is 2.05. The third-order valence-electron chi connectivity index (χ3n) is 2.66. The average Bonchev–Trinajstić information content (AvgIpc) is 2.48. The summed E-state index contributed by atoms with van der Waals surface area (Å²) in [6, 6.07) is 11.5. The molecule has 0 aliphatic rings. The lowest BCUT2D eigenvalue weighted by atomic mass is 10.1. The highest BCUT2D eigenvalue weighted by molar-refractivity contribution is 5.48. The Balaban J connectivity index is 2.10. The second-order valence-electron chi connectivity index (χ2n) is 3.90. The van der Waals surface area contributed by atoms with Crippen molar-refractivity contribution >= 4 is 0 Å². The van der Waals surface area contributed by atoms with E-state index in [1.165, 1.54) is 0 Å². The SMILES string of the molecule is C#Cc1ccccc1C#CC[n+]1ccc(OC)cc1. The van der Waals surface area contributed by atoms with E-state index in [0.717, 1.165) is 16.9 Å². The van der Waals surface area contributed by atoms with E-state index in [9.17, 15) is 0 Å². The van der Waals surface area contributed by atoms with Crippen LogP contribution in [0.4, 0.5) is 0 Å². The van der Waals surface area contributed by atoms with Crippen LogP contribution in [0.1, 0.15) is 11.1 Å². The number of hydrogen-bond acceptors (Lipinski definition) is 1. The Labute approximate surface area is 113 Å². The fourth-order valence-electron chi connectivity index (χ4n) is 1.63. The van der Waals surface area contributed by atoms with Crippen molar-refractivity contribution in [2.75, 3.05) is 7.11 Å². The summed E-state index contributed by atoms with van der Waals surface area (Å²) in [6.45, 7) is 0.614. The number of ether oxygens (including phenoxy) is 1. The van der Waals surface area contributed by atoms with Gasteiger partial charge in [-0.2, -0.15) is 4.57 Å². The number of hydrogen-bond donors (Lipinski definition) is 0. The normalized spacial score (nSPS) is 9.05. The molecule has 1 aromatic heterocycles. The summed E-state index contributed by atoms with van der Waals surface area (Å²) in [5.74, 6) is 9.67. The molecule has 2 aromatic rings. The summed E-state index contributed by atoms with van der Waals surface area (Å²) >= 11 is 0. The van der Waals surface area contributed by atoms with E-state index < -0.39 is 0 Å². The molecule has 2 nitrogen and oxygen atoms in total. The van der Waals surface area contributed by atoms with Gasteiger partial charge in [-0.3, -0.25) is 0 Å². The zero-order chi connectivity index (χ0) is 13.5. The predicted molar refractivity (Wildman–Crippen MR) is 74.4 cm³/mol. The second kappa shape index (κ2) is 6.28. The first kappa shape index (κ1) is 12.7. The summed E-state index contributed by atoms with van der Waals surface area (Å²) < 4.78 is 7.08. The summed E-state index contributed by atoms with van der Waals surface area (Å²) in [5, 5.41) is 0. The zero-order valence-electron chi connectivity index (χ0n) is 10.8. The van der Waals surface area contributed by atoms with Crippen LogP contribution in [0.2, 0.25) is 0 Å². The molecule has 0 N–H and O–H groups in total. The number of terminal acetylenes is 1. The van der Waals surface area contributed by atoms with E-state index in [-0.39, 0.29) is 0 Å². The van der Waals surface area contributed by atoms with E-state index in [1.54, 1.807) is 7.11 Å². The van der Waals surface area contributed by atoms with Crippen molar-refractivity contribution in [3.63, 3.8) is 0 Å². The molecule has 19 heavy (non-hydrogen) atoms. The Bertz CT molecular complexity index is 654. The van der Waals surface area contributed by atoms with Gasteiger partial charge in [0, 0.05) is 23.3 Å². The van der Waals surface area contributed by atoms with Crippen molar-refractivity contribution in [1.82, 2.24) is 0 Å². The highest BCUT2D eigenvalue weighted by atomic mass is 16.5. The highest BCUT2D eigenvalue weighted by Gasteiger charge is 1.98. The van der Waals surface area contributed by atoms with Crippen molar-refractivity contribution in [2.45, 2.75) is 6.54 Å². The molecule has 0 saturated carbocycles. The van der Waals surface area contributed by atoms with Crippen molar-refractivity contribution in [3.05, 3.63) is 59.9 Å². The van der Waals surface area contributed by atoms with Gasteiger partial charge in [0.2, 0.25) is 6.54 Å². The lowest BCUT2D eigenvalue weighted by Gasteiger charge is -1.96. The molecule has 1 heterocycles. The third kappa shape index (κ3) is 3.37. The molecule has 0 radical (unpaired) electrons. The van der Waals surface area contributed by atoms with Crippen molar-refractivity contribution in [3.8, 4) is 29.9 Å². The van der Waals surface area contributed by atoms with Crippen LogP contribution in [0, 0.1) is 24.2 Å².